The number of carbonyl (C=O) groups excluding carboxylic acids is 1. The first-order chi connectivity index (χ1) is 16.0. The van der Waals surface area contributed by atoms with Gasteiger partial charge < -0.3 is 9.47 Å². The molecule has 1 saturated heterocycles. The second-order valence-corrected chi connectivity index (χ2v) is 9.45. The minimum Gasteiger partial charge on any atom is -0.462 e. The maximum atomic E-state index is 12.0. The van der Waals surface area contributed by atoms with Crippen LogP contribution in [0.2, 0.25) is 5.02 Å². The molecule has 3 aromatic rings. The van der Waals surface area contributed by atoms with Gasteiger partial charge in [0.1, 0.15) is 11.1 Å². The van der Waals surface area contributed by atoms with Gasteiger partial charge >= 0.3 is 5.97 Å². The summed E-state index contributed by atoms with van der Waals surface area (Å²) in [5, 5.41) is 3.74. The predicted octanol–water partition coefficient (Wildman–Crippen LogP) is 5.45. The molecule has 0 amide bonds. The third kappa shape index (κ3) is 6.38. The van der Waals surface area contributed by atoms with Gasteiger partial charge in [-0.2, -0.15) is 0 Å². The number of rotatable bonds is 8. The summed E-state index contributed by atoms with van der Waals surface area (Å²) in [7, 11) is 0. The Hall–Kier alpha value is -2.32. The molecular weight excluding hydrogens is 458 g/mol. The molecule has 1 unspecified atom stereocenters. The van der Waals surface area contributed by atoms with Gasteiger partial charge in [-0.25, -0.2) is 9.78 Å². The summed E-state index contributed by atoms with van der Waals surface area (Å²) in [6.07, 6.45) is 3.47. The lowest BCUT2D eigenvalue weighted by Crippen LogP contribution is -2.37. The zero-order valence-corrected chi connectivity index (χ0v) is 20.4. The molecule has 3 heterocycles. The highest BCUT2D eigenvalue weighted by Gasteiger charge is 2.26. The number of thiazole rings is 1. The van der Waals surface area contributed by atoms with Gasteiger partial charge in [-0.3, -0.25) is 9.88 Å². The summed E-state index contributed by atoms with van der Waals surface area (Å²) < 4.78 is 11.7. The Morgan fingerprint density at radius 2 is 2.00 bits per heavy atom. The van der Waals surface area contributed by atoms with Gasteiger partial charge in [0.2, 0.25) is 0 Å². The fourth-order valence-corrected chi connectivity index (χ4v) is 4.92. The van der Waals surface area contributed by atoms with Crippen molar-refractivity contribution >= 4 is 28.9 Å². The van der Waals surface area contributed by atoms with Gasteiger partial charge in [0.15, 0.2) is 0 Å². The molecule has 0 aliphatic carbocycles. The summed E-state index contributed by atoms with van der Waals surface area (Å²) in [6.45, 7) is 6.68. The van der Waals surface area contributed by atoms with E-state index in [2.05, 4.69) is 20.2 Å². The molecule has 1 aliphatic heterocycles. The number of benzene rings is 1. The van der Waals surface area contributed by atoms with Crippen molar-refractivity contribution in [2.75, 3.05) is 19.7 Å². The summed E-state index contributed by atoms with van der Waals surface area (Å²) in [5.41, 5.74) is 3.49. The second-order valence-electron chi connectivity index (χ2n) is 8.13. The van der Waals surface area contributed by atoms with Crippen molar-refractivity contribution in [2.45, 2.75) is 45.4 Å². The maximum absolute atomic E-state index is 12.0. The van der Waals surface area contributed by atoms with Gasteiger partial charge in [0.05, 0.1) is 24.0 Å². The molecule has 33 heavy (non-hydrogen) atoms. The van der Waals surface area contributed by atoms with Gasteiger partial charge in [-0.15, -0.1) is 11.3 Å². The summed E-state index contributed by atoms with van der Waals surface area (Å²) >= 11 is 7.72. The Kier molecular flexibility index (Phi) is 8.09. The molecule has 1 aromatic carbocycles. The quantitative estimate of drug-likeness (QED) is 0.395. The third-order valence-electron chi connectivity index (χ3n) is 5.61. The van der Waals surface area contributed by atoms with E-state index in [1.54, 1.807) is 30.5 Å². The number of halogens is 1. The van der Waals surface area contributed by atoms with E-state index < -0.39 is 0 Å². The number of ether oxygens (including phenoxy) is 2. The minimum absolute atomic E-state index is 0.143. The van der Waals surface area contributed by atoms with Gasteiger partial charge in [0.25, 0.3) is 0 Å². The van der Waals surface area contributed by atoms with Crippen LogP contribution < -0.4 is 0 Å². The highest BCUT2D eigenvalue weighted by Crippen LogP contribution is 2.32. The van der Waals surface area contributed by atoms with Gasteiger partial charge in [-0.1, -0.05) is 23.7 Å². The van der Waals surface area contributed by atoms with Crippen molar-refractivity contribution in [1.29, 1.82) is 0 Å². The Balaban J connectivity index is 1.37. The predicted molar refractivity (Wildman–Crippen MR) is 130 cm³/mol. The largest absolute Gasteiger partial charge is 0.462 e. The SMILES string of the molecule is CCOC(=O)c1ccnc(CN2CCC(OC(c3ccc(Cl)cc3)c3nc(C)cs3)CC2)c1. The van der Waals surface area contributed by atoms with Crippen molar-refractivity contribution in [2.24, 2.45) is 0 Å². The third-order valence-corrected chi connectivity index (χ3v) is 6.87. The molecular formula is C25H28ClN3O3S. The Bertz CT molecular complexity index is 1060. The molecule has 2 aromatic heterocycles. The Morgan fingerprint density at radius 3 is 2.67 bits per heavy atom. The second kappa shape index (κ2) is 11.2. The normalized spacial score (nSPS) is 16.0. The molecule has 1 fully saturated rings. The van der Waals surface area contributed by atoms with Crippen molar-refractivity contribution in [3.8, 4) is 0 Å². The number of hydrogen-bond acceptors (Lipinski definition) is 7. The molecule has 1 atom stereocenters. The standard InChI is InChI=1S/C25H28ClN3O3S/c1-3-31-25(30)19-8-11-27-21(14-19)15-29-12-9-22(10-13-29)32-23(24-28-17(2)16-33-24)18-4-6-20(26)7-5-18/h4-8,11,14,16,22-23H,3,9-10,12-13,15H2,1-2H3. The zero-order valence-electron chi connectivity index (χ0n) is 18.9. The summed E-state index contributed by atoms with van der Waals surface area (Å²) in [5.74, 6) is -0.307. The highest BCUT2D eigenvalue weighted by atomic mass is 35.5. The molecule has 0 saturated carbocycles. The number of aryl methyl sites for hydroxylation is 1. The van der Waals surface area contributed by atoms with Crippen molar-refractivity contribution in [1.82, 2.24) is 14.9 Å². The minimum atomic E-state index is -0.307. The fourth-order valence-electron chi connectivity index (χ4n) is 3.94. The number of pyridine rings is 1. The topological polar surface area (TPSA) is 64.5 Å². The van der Waals surface area contributed by atoms with Crippen molar-refractivity contribution in [3.63, 3.8) is 0 Å². The van der Waals surface area contributed by atoms with E-state index in [9.17, 15) is 4.79 Å². The monoisotopic (exact) mass is 485 g/mol. The van der Waals surface area contributed by atoms with Crippen LogP contribution in [0.5, 0.6) is 0 Å². The zero-order chi connectivity index (χ0) is 23.2. The van der Waals surface area contributed by atoms with Crippen LogP contribution in [0.25, 0.3) is 0 Å². The van der Waals surface area contributed by atoms with Crippen LogP contribution >= 0.6 is 22.9 Å². The van der Waals surface area contributed by atoms with E-state index in [0.717, 1.165) is 47.9 Å². The molecule has 0 bridgehead atoms. The first-order valence-corrected chi connectivity index (χ1v) is 12.4. The van der Waals surface area contributed by atoms with E-state index in [-0.39, 0.29) is 18.2 Å². The van der Waals surface area contributed by atoms with Crippen LogP contribution in [0, 0.1) is 6.92 Å². The average Bonchev–Trinajstić information content (AvgIpc) is 3.25. The number of piperidine rings is 1. The molecule has 1 aliphatic rings. The first kappa shape index (κ1) is 23.8. The molecule has 0 N–H and O–H groups in total. The number of esters is 1. The van der Waals surface area contributed by atoms with E-state index >= 15 is 0 Å². The lowest BCUT2D eigenvalue weighted by molar-refractivity contribution is -0.0283. The lowest BCUT2D eigenvalue weighted by Gasteiger charge is -2.33. The molecule has 8 heteroatoms. The Labute approximate surface area is 203 Å². The maximum Gasteiger partial charge on any atom is 0.338 e. The summed E-state index contributed by atoms with van der Waals surface area (Å²) in [4.78, 5) is 23.5. The average molecular weight is 486 g/mol. The number of hydrogen-bond donors (Lipinski definition) is 0. The van der Waals surface area contributed by atoms with E-state index in [1.807, 2.05) is 37.3 Å². The van der Waals surface area contributed by atoms with E-state index in [0.29, 0.717) is 23.7 Å². The first-order valence-electron chi connectivity index (χ1n) is 11.2. The van der Waals surface area contributed by atoms with Crippen molar-refractivity contribution in [3.05, 3.63) is 80.5 Å². The number of aromatic nitrogens is 2. The van der Waals surface area contributed by atoms with Crippen LogP contribution in [0.15, 0.2) is 48.0 Å². The molecule has 0 radical (unpaired) electrons. The summed E-state index contributed by atoms with van der Waals surface area (Å²) in [6, 6.07) is 11.3. The van der Waals surface area contributed by atoms with Crippen LogP contribution in [0.1, 0.15) is 58.2 Å². The van der Waals surface area contributed by atoms with Gasteiger partial charge in [0, 0.05) is 41.9 Å². The Morgan fingerprint density at radius 1 is 1.24 bits per heavy atom. The fraction of sp³-hybridized carbons (Fsp3) is 0.400. The molecule has 6 nitrogen and oxygen atoms in total. The van der Waals surface area contributed by atoms with Crippen LogP contribution in [-0.4, -0.2) is 46.6 Å². The number of carbonyl (C=O) groups is 1. The van der Waals surface area contributed by atoms with E-state index in [4.69, 9.17) is 21.1 Å². The number of nitrogens with zero attached hydrogens (tertiary/aromatic N) is 3. The molecule has 4 rings (SSSR count). The van der Waals surface area contributed by atoms with Crippen LogP contribution in [0.4, 0.5) is 0 Å². The van der Waals surface area contributed by atoms with E-state index in [1.165, 1.54) is 0 Å². The van der Waals surface area contributed by atoms with Crippen LogP contribution in [-0.2, 0) is 16.0 Å². The smallest absolute Gasteiger partial charge is 0.338 e. The molecule has 0 spiro atoms. The lowest BCUT2D eigenvalue weighted by atomic mass is 10.1. The van der Waals surface area contributed by atoms with Crippen molar-refractivity contribution < 1.29 is 14.3 Å². The van der Waals surface area contributed by atoms with Crippen LogP contribution in [0.3, 0.4) is 0 Å². The molecule has 174 valence electrons. The highest BCUT2D eigenvalue weighted by molar-refractivity contribution is 7.09. The van der Waals surface area contributed by atoms with Gasteiger partial charge in [-0.05, 0) is 56.5 Å². The number of likely N-dealkylation sites (tertiary alicyclic amines) is 1.